The zero-order valence-electron chi connectivity index (χ0n) is 21.4. The lowest BCUT2D eigenvalue weighted by Gasteiger charge is -2.29. The summed E-state index contributed by atoms with van der Waals surface area (Å²) >= 11 is 0. The minimum atomic E-state index is -0.800. The van der Waals surface area contributed by atoms with Crippen molar-refractivity contribution in [3.8, 4) is 39.9 Å². The predicted octanol–water partition coefficient (Wildman–Crippen LogP) is 3.49. The molecule has 0 saturated carbocycles. The van der Waals surface area contributed by atoms with Gasteiger partial charge in [-0.15, -0.1) is 0 Å². The minimum Gasteiger partial charge on any atom is -0.508 e. The van der Waals surface area contributed by atoms with Crippen LogP contribution in [0, 0.1) is 6.92 Å². The zero-order chi connectivity index (χ0) is 27.9. The molecule has 0 spiro atoms. The van der Waals surface area contributed by atoms with Crippen molar-refractivity contribution < 1.29 is 34.8 Å². The van der Waals surface area contributed by atoms with E-state index in [1.54, 1.807) is 6.07 Å². The van der Waals surface area contributed by atoms with Gasteiger partial charge in [0.1, 0.15) is 28.7 Å². The molecule has 3 aromatic carbocycles. The molecule has 0 fully saturated rings. The molecule has 4 N–H and O–H groups in total. The number of rotatable bonds is 3. The molecule has 39 heavy (non-hydrogen) atoms. The molecule has 0 amide bonds. The number of nitrogens with zero attached hydrogens (tertiary/aromatic N) is 2. The first-order valence-corrected chi connectivity index (χ1v) is 12.5. The molecule has 10 nitrogen and oxygen atoms in total. The molecule has 1 heterocycles. The Labute approximate surface area is 221 Å². The Balaban J connectivity index is 1.71. The molecule has 0 bridgehead atoms. The van der Waals surface area contributed by atoms with Gasteiger partial charge < -0.3 is 25.2 Å². The van der Waals surface area contributed by atoms with Gasteiger partial charge in [0.25, 0.3) is 5.56 Å². The molecule has 1 aromatic heterocycles. The SMILES string of the molecule is CCCn1ncc2cc3c(c(O)c2c1=O)-c1c(O)c2c(c(OC)c1CC3)C(=O)c1c(cc(O)c(C)c1O)C2=O. The predicted molar refractivity (Wildman–Crippen MR) is 140 cm³/mol. The van der Waals surface area contributed by atoms with E-state index in [0.717, 1.165) is 6.07 Å². The summed E-state index contributed by atoms with van der Waals surface area (Å²) in [5.74, 6) is -3.33. The maximum Gasteiger partial charge on any atom is 0.278 e. The number of phenolic OH excluding ortho intramolecular Hbond substituents is 4. The van der Waals surface area contributed by atoms with Gasteiger partial charge in [0.15, 0.2) is 5.78 Å². The maximum absolute atomic E-state index is 13.7. The lowest BCUT2D eigenvalue weighted by atomic mass is 9.75. The summed E-state index contributed by atoms with van der Waals surface area (Å²) in [4.78, 5) is 40.6. The lowest BCUT2D eigenvalue weighted by molar-refractivity contribution is 0.0971. The number of carbonyl (C=O) groups is 2. The van der Waals surface area contributed by atoms with Gasteiger partial charge in [-0.05, 0) is 43.9 Å². The van der Waals surface area contributed by atoms with Crippen LogP contribution in [0.4, 0.5) is 0 Å². The molecule has 10 heteroatoms. The molecule has 0 atom stereocenters. The molecule has 6 rings (SSSR count). The molecule has 0 unspecified atom stereocenters. The second kappa shape index (κ2) is 8.32. The van der Waals surface area contributed by atoms with E-state index >= 15 is 0 Å². The van der Waals surface area contributed by atoms with Crippen LogP contribution in [0.5, 0.6) is 28.7 Å². The smallest absolute Gasteiger partial charge is 0.278 e. The molecule has 0 radical (unpaired) electrons. The number of ketones is 2. The van der Waals surface area contributed by atoms with Gasteiger partial charge in [0.2, 0.25) is 5.78 Å². The Bertz CT molecular complexity index is 1870. The molecular formula is C29H24N2O8. The van der Waals surface area contributed by atoms with Gasteiger partial charge in [-0.25, -0.2) is 4.68 Å². The Morgan fingerprint density at radius 3 is 2.33 bits per heavy atom. The number of hydrogen-bond acceptors (Lipinski definition) is 9. The molecule has 2 aliphatic carbocycles. The van der Waals surface area contributed by atoms with Crippen molar-refractivity contribution in [1.29, 1.82) is 0 Å². The fourth-order valence-corrected chi connectivity index (χ4v) is 5.85. The van der Waals surface area contributed by atoms with Gasteiger partial charge in [-0.3, -0.25) is 14.4 Å². The van der Waals surface area contributed by atoms with Crippen LogP contribution in [0.2, 0.25) is 0 Å². The van der Waals surface area contributed by atoms with Crippen LogP contribution in [-0.4, -0.2) is 48.9 Å². The molecule has 0 saturated heterocycles. The number of methoxy groups -OCH3 is 1. The second-order valence-corrected chi connectivity index (χ2v) is 9.83. The summed E-state index contributed by atoms with van der Waals surface area (Å²) in [7, 11) is 1.33. The third kappa shape index (κ3) is 3.08. The topological polar surface area (TPSA) is 159 Å². The number of phenols is 4. The van der Waals surface area contributed by atoms with Crippen molar-refractivity contribution in [2.75, 3.05) is 7.11 Å². The van der Waals surface area contributed by atoms with Crippen LogP contribution >= 0.6 is 0 Å². The van der Waals surface area contributed by atoms with Crippen molar-refractivity contribution >= 4 is 22.3 Å². The Kier molecular flexibility index (Phi) is 5.22. The van der Waals surface area contributed by atoms with E-state index in [9.17, 15) is 34.8 Å². The summed E-state index contributed by atoms with van der Waals surface area (Å²) in [6.45, 7) is 3.66. The summed E-state index contributed by atoms with van der Waals surface area (Å²) < 4.78 is 6.89. The first kappa shape index (κ1) is 24.5. The van der Waals surface area contributed by atoms with Gasteiger partial charge >= 0.3 is 0 Å². The fraction of sp³-hybridized carbons (Fsp3) is 0.241. The summed E-state index contributed by atoms with van der Waals surface area (Å²) in [5.41, 5.74) is -0.294. The van der Waals surface area contributed by atoms with E-state index in [-0.39, 0.29) is 61.6 Å². The van der Waals surface area contributed by atoms with Crippen molar-refractivity contribution in [2.24, 2.45) is 0 Å². The highest BCUT2D eigenvalue weighted by molar-refractivity contribution is 6.32. The van der Waals surface area contributed by atoms with E-state index in [0.29, 0.717) is 42.3 Å². The van der Waals surface area contributed by atoms with Crippen molar-refractivity contribution in [3.05, 3.63) is 67.6 Å². The van der Waals surface area contributed by atoms with Crippen molar-refractivity contribution in [3.63, 3.8) is 0 Å². The first-order chi connectivity index (χ1) is 18.6. The number of benzene rings is 3. The Hall–Kier alpha value is -4.86. The molecule has 198 valence electrons. The molecular weight excluding hydrogens is 504 g/mol. The highest BCUT2D eigenvalue weighted by atomic mass is 16.5. The third-order valence-corrected chi connectivity index (χ3v) is 7.71. The largest absolute Gasteiger partial charge is 0.508 e. The number of ether oxygens (including phenoxy) is 1. The molecule has 0 aliphatic heterocycles. The monoisotopic (exact) mass is 528 g/mol. The standard InChI is InChI=1S/C29H24N2O8/c1-4-7-31-29(38)18-13(10-30-31)8-12-5-6-14-19(17(12)25(18)35)26(36)21-22(28(14)39-3)27(37)20-15(24(21)34)9-16(32)11(2)23(20)33/h8-10,32-33,35-36H,4-7H2,1-3H3. The third-order valence-electron chi connectivity index (χ3n) is 7.71. The van der Waals surface area contributed by atoms with E-state index < -0.39 is 28.6 Å². The summed E-state index contributed by atoms with van der Waals surface area (Å²) in [6, 6.07) is 2.81. The van der Waals surface area contributed by atoms with Gasteiger partial charge in [0.05, 0.1) is 35.4 Å². The Morgan fingerprint density at radius 2 is 1.64 bits per heavy atom. The van der Waals surface area contributed by atoms with Crippen LogP contribution in [0.15, 0.2) is 23.1 Å². The number of aromatic hydroxyl groups is 4. The van der Waals surface area contributed by atoms with Crippen LogP contribution in [0.25, 0.3) is 21.9 Å². The highest BCUT2D eigenvalue weighted by Gasteiger charge is 2.42. The quantitative estimate of drug-likeness (QED) is 0.275. The number of carbonyl (C=O) groups excluding carboxylic acids is 2. The second-order valence-electron chi connectivity index (χ2n) is 9.83. The summed E-state index contributed by atoms with van der Waals surface area (Å²) in [5, 5.41) is 48.6. The average molecular weight is 529 g/mol. The van der Waals surface area contributed by atoms with Crippen molar-refractivity contribution in [2.45, 2.75) is 39.7 Å². The van der Waals surface area contributed by atoms with Crippen LogP contribution in [0.1, 0.15) is 61.9 Å². The highest BCUT2D eigenvalue weighted by Crippen LogP contribution is 2.54. The first-order valence-electron chi connectivity index (χ1n) is 12.5. The van der Waals surface area contributed by atoms with Crippen LogP contribution in [-0.2, 0) is 19.4 Å². The van der Waals surface area contributed by atoms with E-state index in [1.165, 1.54) is 24.9 Å². The van der Waals surface area contributed by atoms with E-state index in [2.05, 4.69) is 5.10 Å². The van der Waals surface area contributed by atoms with Gasteiger partial charge in [-0.2, -0.15) is 5.10 Å². The average Bonchev–Trinajstić information content (AvgIpc) is 2.91. The Morgan fingerprint density at radius 1 is 0.897 bits per heavy atom. The number of hydrogen-bond donors (Lipinski definition) is 4. The van der Waals surface area contributed by atoms with E-state index in [4.69, 9.17) is 4.74 Å². The van der Waals surface area contributed by atoms with Crippen molar-refractivity contribution in [1.82, 2.24) is 9.78 Å². The minimum absolute atomic E-state index is 0.0270. The maximum atomic E-state index is 13.7. The lowest BCUT2D eigenvalue weighted by Crippen LogP contribution is -2.25. The number of aryl methyl sites for hydroxylation is 2. The normalized spacial score (nSPS) is 13.6. The number of fused-ring (bicyclic) bond motifs is 6. The van der Waals surface area contributed by atoms with Gasteiger partial charge in [-0.1, -0.05) is 6.92 Å². The molecule has 4 aromatic rings. The van der Waals surface area contributed by atoms with Gasteiger partial charge in [0, 0.05) is 39.7 Å². The fourth-order valence-electron chi connectivity index (χ4n) is 5.85. The van der Waals surface area contributed by atoms with Crippen LogP contribution < -0.4 is 10.3 Å². The van der Waals surface area contributed by atoms with Crippen LogP contribution in [0.3, 0.4) is 0 Å². The molecule has 2 aliphatic rings. The van der Waals surface area contributed by atoms with E-state index in [1.807, 2.05) is 6.92 Å². The summed E-state index contributed by atoms with van der Waals surface area (Å²) in [6.07, 6.45) is 2.84. The zero-order valence-corrected chi connectivity index (χ0v) is 21.4. The number of aromatic nitrogens is 2.